The largest absolute Gasteiger partial charge is 0.481 e. The van der Waals surface area contributed by atoms with Gasteiger partial charge >= 0.3 is 5.97 Å². The molecule has 0 unspecified atom stereocenters. The molecule has 2 rings (SSSR count). The molecule has 0 aliphatic carbocycles. The first-order chi connectivity index (χ1) is 9.52. The second kappa shape index (κ2) is 5.88. The number of aryl methyl sites for hydroxylation is 1. The minimum Gasteiger partial charge on any atom is -0.481 e. The number of benzene rings is 1. The van der Waals surface area contributed by atoms with Crippen molar-refractivity contribution in [2.45, 2.75) is 33.4 Å². The lowest BCUT2D eigenvalue weighted by Gasteiger charge is -2.09. The molecule has 5 heteroatoms. The third kappa shape index (κ3) is 2.88. The van der Waals surface area contributed by atoms with Crippen LogP contribution in [0.4, 0.5) is 0 Å². The Morgan fingerprint density at radius 2 is 1.90 bits per heavy atom. The van der Waals surface area contributed by atoms with Crippen molar-refractivity contribution >= 4 is 5.97 Å². The minimum absolute atomic E-state index is 0.00231. The van der Waals surface area contributed by atoms with E-state index in [2.05, 4.69) is 5.10 Å². The van der Waals surface area contributed by atoms with Crippen LogP contribution in [0.3, 0.4) is 0 Å². The molecule has 0 spiro atoms. The smallest absolute Gasteiger partial charge is 0.307 e. The van der Waals surface area contributed by atoms with Crippen LogP contribution in [-0.2, 0) is 24.4 Å². The highest BCUT2D eigenvalue weighted by atomic mass is 16.4. The SMILES string of the molecule is Cc1nn(Cc2ccccc2CC(=O)O)c(C)c1CO. The summed E-state index contributed by atoms with van der Waals surface area (Å²) < 4.78 is 1.81. The molecule has 1 heterocycles. The van der Waals surface area contributed by atoms with E-state index in [4.69, 9.17) is 5.11 Å². The lowest BCUT2D eigenvalue weighted by molar-refractivity contribution is -0.136. The van der Waals surface area contributed by atoms with Crippen molar-refractivity contribution in [1.82, 2.24) is 9.78 Å². The fourth-order valence-electron chi connectivity index (χ4n) is 2.33. The number of carboxylic acid groups (broad SMARTS) is 1. The summed E-state index contributed by atoms with van der Waals surface area (Å²) in [4.78, 5) is 10.9. The first kappa shape index (κ1) is 14.3. The van der Waals surface area contributed by atoms with Gasteiger partial charge in [-0.1, -0.05) is 24.3 Å². The van der Waals surface area contributed by atoms with Gasteiger partial charge in [0.2, 0.25) is 0 Å². The molecule has 0 aliphatic heterocycles. The minimum atomic E-state index is -0.845. The van der Waals surface area contributed by atoms with E-state index in [-0.39, 0.29) is 13.0 Å². The fraction of sp³-hybridized carbons (Fsp3) is 0.333. The fourth-order valence-corrected chi connectivity index (χ4v) is 2.33. The number of carboxylic acids is 1. The average molecular weight is 274 g/mol. The second-order valence-corrected chi connectivity index (χ2v) is 4.80. The summed E-state index contributed by atoms with van der Waals surface area (Å²) in [6.07, 6.45) is 0.00231. The maximum atomic E-state index is 10.9. The predicted octanol–water partition coefficient (Wildman–Crippen LogP) is 1.67. The van der Waals surface area contributed by atoms with Gasteiger partial charge < -0.3 is 10.2 Å². The van der Waals surface area contributed by atoms with E-state index in [0.29, 0.717) is 6.54 Å². The predicted molar refractivity (Wildman–Crippen MR) is 74.5 cm³/mol. The topological polar surface area (TPSA) is 75.4 Å². The van der Waals surface area contributed by atoms with Crippen molar-refractivity contribution in [1.29, 1.82) is 0 Å². The monoisotopic (exact) mass is 274 g/mol. The van der Waals surface area contributed by atoms with Crippen LogP contribution in [0, 0.1) is 13.8 Å². The normalized spacial score (nSPS) is 10.8. The molecule has 106 valence electrons. The maximum absolute atomic E-state index is 10.9. The van der Waals surface area contributed by atoms with Gasteiger partial charge in [-0.15, -0.1) is 0 Å². The molecule has 0 aliphatic rings. The van der Waals surface area contributed by atoms with Gasteiger partial charge in [0.1, 0.15) is 0 Å². The number of hydrogen-bond acceptors (Lipinski definition) is 3. The molecule has 5 nitrogen and oxygen atoms in total. The zero-order valence-corrected chi connectivity index (χ0v) is 11.6. The van der Waals surface area contributed by atoms with Crippen LogP contribution in [-0.4, -0.2) is 26.0 Å². The van der Waals surface area contributed by atoms with Crippen LogP contribution in [0.5, 0.6) is 0 Å². The molecule has 0 atom stereocenters. The highest BCUT2D eigenvalue weighted by Gasteiger charge is 2.12. The van der Waals surface area contributed by atoms with Crippen LogP contribution in [0.25, 0.3) is 0 Å². The number of nitrogens with zero attached hydrogens (tertiary/aromatic N) is 2. The molecule has 1 aromatic heterocycles. The summed E-state index contributed by atoms with van der Waals surface area (Å²) in [6.45, 7) is 4.24. The Hall–Kier alpha value is -2.14. The first-order valence-electron chi connectivity index (χ1n) is 6.45. The summed E-state index contributed by atoms with van der Waals surface area (Å²) in [5.74, 6) is -0.845. The first-order valence-corrected chi connectivity index (χ1v) is 6.45. The molecular weight excluding hydrogens is 256 g/mol. The van der Waals surface area contributed by atoms with Gasteiger partial charge in [0.05, 0.1) is 25.3 Å². The number of hydrogen-bond donors (Lipinski definition) is 2. The van der Waals surface area contributed by atoms with Gasteiger partial charge in [-0.05, 0) is 25.0 Å². The van der Waals surface area contributed by atoms with Crippen LogP contribution in [0.1, 0.15) is 28.1 Å². The number of aliphatic hydroxyl groups is 1. The molecule has 20 heavy (non-hydrogen) atoms. The van der Waals surface area contributed by atoms with Crippen LogP contribution in [0.15, 0.2) is 24.3 Å². The molecule has 0 saturated carbocycles. The highest BCUT2D eigenvalue weighted by molar-refractivity contribution is 5.70. The van der Waals surface area contributed by atoms with Gasteiger partial charge in [-0.25, -0.2) is 0 Å². The molecule has 0 radical (unpaired) electrons. The Morgan fingerprint density at radius 3 is 2.45 bits per heavy atom. The van der Waals surface area contributed by atoms with Crippen molar-refractivity contribution in [2.75, 3.05) is 0 Å². The summed E-state index contributed by atoms with van der Waals surface area (Å²) in [5, 5.41) is 22.7. The third-order valence-corrected chi connectivity index (χ3v) is 3.47. The average Bonchev–Trinajstić information content (AvgIpc) is 2.66. The number of aliphatic hydroxyl groups excluding tert-OH is 1. The zero-order valence-electron chi connectivity index (χ0n) is 11.6. The second-order valence-electron chi connectivity index (χ2n) is 4.80. The summed E-state index contributed by atoms with van der Waals surface area (Å²) in [5.41, 5.74) is 4.28. The van der Waals surface area contributed by atoms with Crippen molar-refractivity contribution < 1.29 is 15.0 Å². The van der Waals surface area contributed by atoms with E-state index < -0.39 is 5.97 Å². The van der Waals surface area contributed by atoms with Crippen molar-refractivity contribution in [3.8, 4) is 0 Å². The molecule has 2 N–H and O–H groups in total. The Labute approximate surface area is 117 Å². The molecule has 0 bridgehead atoms. The quantitative estimate of drug-likeness (QED) is 0.869. The number of carbonyl (C=O) groups is 1. The Balaban J connectivity index is 2.33. The Kier molecular flexibility index (Phi) is 4.20. The molecule has 0 saturated heterocycles. The molecule has 2 aromatic rings. The molecule has 0 amide bonds. The van der Waals surface area contributed by atoms with Crippen LogP contribution < -0.4 is 0 Å². The van der Waals surface area contributed by atoms with E-state index in [1.807, 2.05) is 42.8 Å². The lowest BCUT2D eigenvalue weighted by Crippen LogP contribution is -2.09. The van der Waals surface area contributed by atoms with E-state index in [0.717, 1.165) is 28.1 Å². The van der Waals surface area contributed by atoms with Crippen molar-refractivity contribution in [3.63, 3.8) is 0 Å². The highest BCUT2D eigenvalue weighted by Crippen LogP contribution is 2.17. The number of rotatable bonds is 5. The molecule has 1 aromatic carbocycles. The van der Waals surface area contributed by atoms with Gasteiger partial charge in [0.15, 0.2) is 0 Å². The summed E-state index contributed by atoms with van der Waals surface area (Å²) >= 11 is 0. The standard InChI is InChI=1S/C15H18N2O3/c1-10-14(9-18)11(2)17(16-10)8-13-6-4-3-5-12(13)7-15(19)20/h3-6,18H,7-9H2,1-2H3,(H,19,20). The van der Waals surface area contributed by atoms with E-state index in [9.17, 15) is 9.90 Å². The van der Waals surface area contributed by atoms with Gasteiger partial charge in [0.25, 0.3) is 0 Å². The molecule has 0 fully saturated rings. The summed E-state index contributed by atoms with van der Waals surface area (Å²) in [7, 11) is 0. The van der Waals surface area contributed by atoms with Gasteiger partial charge in [-0.3, -0.25) is 9.48 Å². The zero-order chi connectivity index (χ0) is 14.7. The van der Waals surface area contributed by atoms with E-state index in [1.54, 1.807) is 0 Å². The van der Waals surface area contributed by atoms with Gasteiger partial charge in [0, 0.05) is 11.3 Å². The third-order valence-electron chi connectivity index (χ3n) is 3.47. The number of aliphatic carboxylic acids is 1. The van der Waals surface area contributed by atoms with Crippen molar-refractivity contribution in [3.05, 3.63) is 52.3 Å². The Bertz CT molecular complexity index is 632. The Morgan fingerprint density at radius 1 is 1.25 bits per heavy atom. The van der Waals surface area contributed by atoms with Crippen molar-refractivity contribution in [2.24, 2.45) is 0 Å². The van der Waals surface area contributed by atoms with E-state index >= 15 is 0 Å². The molecular formula is C15H18N2O3. The van der Waals surface area contributed by atoms with Crippen LogP contribution >= 0.6 is 0 Å². The lowest BCUT2D eigenvalue weighted by atomic mass is 10.0. The summed E-state index contributed by atoms with van der Waals surface area (Å²) in [6, 6.07) is 7.46. The van der Waals surface area contributed by atoms with Crippen LogP contribution in [0.2, 0.25) is 0 Å². The number of aromatic nitrogens is 2. The van der Waals surface area contributed by atoms with Gasteiger partial charge in [-0.2, -0.15) is 5.10 Å². The van der Waals surface area contributed by atoms with E-state index in [1.165, 1.54) is 0 Å². The maximum Gasteiger partial charge on any atom is 0.307 e.